The van der Waals surface area contributed by atoms with Gasteiger partial charge in [0.2, 0.25) is 5.91 Å². The SMILES string of the molecule is Nc1cc(Cl)ccc1C(=O)c1ccc2c(c1)CCC(=O)N2. The van der Waals surface area contributed by atoms with Gasteiger partial charge in [0.1, 0.15) is 0 Å². The Balaban J connectivity index is 1.97. The number of benzene rings is 2. The number of amides is 1. The van der Waals surface area contributed by atoms with E-state index in [2.05, 4.69) is 5.32 Å². The van der Waals surface area contributed by atoms with Gasteiger partial charge in [0.15, 0.2) is 5.78 Å². The van der Waals surface area contributed by atoms with Crippen molar-refractivity contribution in [3.05, 3.63) is 58.1 Å². The highest BCUT2D eigenvalue weighted by Gasteiger charge is 2.18. The normalized spacial score (nSPS) is 13.5. The number of carbonyl (C=O) groups excluding carboxylic acids is 2. The van der Waals surface area contributed by atoms with E-state index in [1.165, 1.54) is 0 Å². The van der Waals surface area contributed by atoms with Gasteiger partial charge in [-0.1, -0.05) is 11.6 Å². The summed E-state index contributed by atoms with van der Waals surface area (Å²) in [5, 5.41) is 3.29. The molecule has 0 bridgehead atoms. The van der Waals surface area contributed by atoms with Crippen molar-refractivity contribution in [2.45, 2.75) is 12.8 Å². The first-order valence-electron chi connectivity index (χ1n) is 6.57. The van der Waals surface area contributed by atoms with E-state index in [9.17, 15) is 9.59 Å². The van der Waals surface area contributed by atoms with Crippen LogP contribution in [0.25, 0.3) is 0 Å². The van der Waals surface area contributed by atoms with Gasteiger partial charge in [-0.25, -0.2) is 0 Å². The fourth-order valence-corrected chi connectivity index (χ4v) is 2.60. The Bertz CT molecular complexity index is 756. The van der Waals surface area contributed by atoms with Gasteiger partial charge in [0, 0.05) is 33.9 Å². The topological polar surface area (TPSA) is 72.2 Å². The summed E-state index contributed by atoms with van der Waals surface area (Å²) in [6.45, 7) is 0. The summed E-state index contributed by atoms with van der Waals surface area (Å²) in [5.74, 6) is -0.146. The van der Waals surface area contributed by atoms with Crippen LogP contribution in [0.4, 0.5) is 11.4 Å². The number of nitrogens with two attached hydrogens (primary N) is 1. The summed E-state index contributed by atoms with van der Waals surface area (Å²) in [5.41, 5.74) is 8.93. The Kier molecular flexibility index (Phi) is 3.39. The predicted molar refractivity (Wildman–Crippen MR) is 82.7 cm³/mol. The Morgan fingerprint density at radius 1 is 1.14 bits per heavy atom. The number of anilines is 2. The first-order valence-corrected chi connectivity index (χ1v) is 6.95. The molecule has 0 spiro atoms. The summed E-state index contributed by atoms with van der Waals surface area (Å²) in [7, 11) is 0. The molecule has 0 saturated carbocycles. The zero-order valence-corrected chi connectivity index (χ0v) is 11.9. The number of aryl methyl sites for hydroxylation is 1. The third-order valence-corrected chi connectivity index (χ3v) is 3.76. The molecule has 1 aliphatic rings. The molecule has 2 aromatic rings. The van der Waals surface area contributed by atoms with E-state index in [-0.39, 0.29) is 11.7 Å². The van der Waals surface area contributed by atoms with Crippen molar-refractivity contribution in [3.63, 3.8) is 0 Å². The number of ketones is 1. The average molecular weight is 301 g/mol. The molecule has 0 atom stereocenters. The number of carbonyl (C=O) groups is 2. The first kappa shape index (κ1) is 13.6. The van der Waals surface area contributed by atoms with Gasteiger partial charge in [0.25, 0.3) is 0 Å². The van der Waals surface area contributed by atoms with Gasteiger partial charge in [0.05, 0.1) is 0 Å². The Morgan fingerprint density at radius 2 is 1.95 bits per heavy atom. The van der Waals surface area contributed by atoms with Crippen LogP contribution in [-0.2, 0) is 11.2 Å². The standard InChI is InChI=1S/C16H13ClN2O2/c17-11-3-4-12(13(18)8-11)16(21)10-1-5-14-9(7-10)2-6-15(20)19-14/h1,3-5,7-8H,2,6,18H2,(H,19,20). The second-order valence-electron chi connectivity index (χ2n) is 4.98. The van der Waals surface area contributed by atoms with E-state index < -0.39 is 0 Å². The summed E-state index contributed by atoms with van der Waals surface area (Å²) in [4.78, 5) is 23.9. The molecule has 1 aliphatic heterocycles. The number of nitrogens with one attached hydrogen (secondary N) is 1. The molecule has 5 heteroatoms. The Hall–Kier alpha value is -2.33. The molecule has 1 amide bonds. The first-order chi connectivity index (χ1) is 10.0. The molecule has 2 aromatic carbocycles. The van der Waals surface area contributed by atoms with Crippen LogP contribution < -0.4 is 11.1 Å². The largest absolute Gasteiger partial charge is 0.398 e. The van der Waals surface area contributed by atoms with Gasteiger partial charge >= 0.3 is 0 Å². The number of hydrogen-bond acceptors (Lipinski definition) is 3. The van der Waals surface area contributed by atoms with Crippen molar-refractivity contribution >= 4 is 34.7 Å². The van der Waals surface area contributed by atoms with Crippen LogP contribution in [0, 0.1) is 0 Å². The van der Waals surface area contributed by atoms with Crippen LogP contribution in [0.3, 0.4) is 0 Å². The molecule has 0 unspecified atom stereocenters. The lowest BCUT2D eigenvalue weighted by Crippen LogP contribution is -2.19. The highest BCUT2D eigenvalue weighted by atomic mass is 35.5. The molecule has 0 aliphatic carbocycles. The Morgan fingerprint density at radius 3 is 2.71 bits per heavy atom. The highest BCUT2D eigenvalue weighted by Crippen LogP contribution is 2.26. The number of halogens is 1. The van der Waals surface area contributed by atoms with E-state index in [4.69, 9.17) is 17.3 Å². The molecular formula is C16H13ClN2O2. The maximum atomic E-state index is 12.5. The molecule has 0 aromatic heterocycles. The summed E-state index contributed by atoms with van der Waals surface area (Å²) < 4.78 is 0. The zero-order valence-electron chi connectivity index (χ0n) is 11.2. The van der Waals surface area contributed by atoms with Crippen LogP contribution in [0.2, 0.25) is 5.02 Å². The lowest BCUT2D eigenvalue weighted by molar-refractivity contribution is -0.116. The van der Waals surface area contributed by atoms with Gasteiger partial charge in [-0.05, 0) is 48.4 Å². The minimum Gasteiger partial charge on any atom is -0.398 e. The van der Waals surface area contributed by atoms with Crippen LogP contribution in [0.1, 0.15) is 27.9 Å². The quantitative estimate of drug-likeness (QED) is 0.661. The van der Waals surface area contributed by atoms with Crippen molar-refractivity contribution < 1.29 is 9.59 Å². The molecule has 3 rings (SSSR count). The molecule has 3 N–H and O–H groups in total. The van der Waals surface area contributed by atoms with Gasteiger partial charge in [-0.3, -0.25) is 9.59 Å². The fraction of sp³-hybridized carbons (Fsp3) is 0.125. The lowest BCUT2D eigenvalue weighted by atomic mass is 9.96. The van der Waals surface area contributed by atoms with Gasteiger partial charge in [-0.15, -0.1) is 0 Å². The molecule has 106 valence electrons. The predicted octanol–water partition coefficient (Wildman–Crippen LogP) is 3.04. The second kappa shape index (κ2) is 5.22. The second-order valence-corrected chi connectivity index (χ2v) is 5.42. The molecule has 0 fully saturated rings. The van der Waals surface area contributed by atoms with Gasteiger partial charge < -0.3 is 11.1 Å². The third kappa shape index (κ3) is 2.62. The number of fused-ring (bicyclic) bond motifs is 1. The monoisotopic (exact) mass is 300 g/mol. The van der Waals surface area contributed by atoms with Crippen LogP contribution >= 0.6 is 11.6 Å². The summed E-state index contributed by atoms with van der Waals surface area (Å²) in [6.07, 6.45) is 1.08. The number of nitrogen functional groups attached to an aromatic ring is 1. The molecular weight excluding hydrogens is 288 g/mol. The average Bonchev–Trinajstić information content (AvgIpc) is 2.46. The fourth-order valence-electron chi connectivity index (χ4n) is 2.42. The molecule has 21 heavy (non-hydrogen) atoms. The van der Waals surface area contributed by atoms with E-state index in [0.29, 0.717) is 34.7 Å². The lowest BCUT2D eigenvalue weighted by Gasteiger charge is -2.17. The van der Waals surface area contributed by atoms with Crippen LogP contribution in [0.5, 0.6) is 0 Å². The molecule has 4 nitrogen and oxygen atoms in total. The van der Waals surface area contributed by atoms with E-state index in [0.717, 1.165) is 11.3 Å². The molecule has 0 saturated heterocycles. The van der Waals surface area contributed by atoms with Crippen LogP contribution in [0.15, 0.2) is 36.4 Å². The van der Waals surface area contributed by atoms with Crippen molar-refractivity contribution in [1.82, 2.24) is 0 Å². The maximum absolute atomic E-state index is 12.5. The minimum absolute atomic E-state index is 0.00326. The van der Waals surface area contributed by atoms with E-state index in [1.54, 1.807) is 30.3 Å². The summed E-state index contributed by atoms with van der Waals surface area (Å²) in [6, 6.07) is 10.1. The van der Waals surface area contributed by atoms with Crippen molar-refractivity contribution in [2.75, 3.05) is 11.1 Å². The summed E-state index contributed by atoms with van der Waals surface area (Å²) >= 11 is 5.84. The van der Waals surface area contributed by atoms with Crippen molar-refractivity contribution in [3.8, 4) is 0 Å². The third-order valence-electron chi connectivity index (χ3n) is 3.52. The van der Waals surface area contributed by atoms with Crippen molar-refractivity contribution in [2.24, 2.45) is 0 Å². The zero-order chi connectivity index (χ0) is 15.0. The van der Waals surface area contributed by atoms with Crippen LogP contribution in [-0.4, -0.2) is 11.7 Å². The smallest absolute Gasteiger partial charge is 0.224 e. The number of hydrogen-bond donors (Lipinski definition) is 2. The van der Waals surface area contributed by atoms with Crippen molar-refractivity contribution in [1.29, 1.82) is 0 Å². The Labute approximate surface area is 126 Å². The minimum atomic E-state index is -0.149. The number of rotatable bonds is 2. The van der Waals surface area contributed by atoms with E-state index in [1.807, 2.05) is 6.07 Å². The molecule has 0 radical (unpaired) electrons. The van der Waals surface area contributed by atoms with Gasteiger partial charge in [-0.2, -0.15) is 0 Å². The molecule has 1 heterocycles. The maximum Gasteiger partial charge on any atom is 0.224 e. The van der Waals surface area contributed by atoms with E-state index >= 15 is 0 Å². The highest BCUT2D eigenvalue weighted by molar-refractivity contribution is 6.31.